The Morgan fingerprint density at radius 3 is 2.67 bits per heavy atom. The van der Waals surface area contributed by atoms with Gasteiger partial charge in [0.15, 0.2) is 0 Å². The van der Waals surface area contributed by atoms with Crippen molar-refractivity contribution in [3.63, 3.8) is 0 Å². The smallest absolute Gasteiger partial charge is 0.393 e. The van der Waals surface area contributed by atoms with Crippen molar-refractivity contribution < 1.29 is 31.5 Å². The molecule has 1 aromatic heterocycles. The van der Waals surface area contributed by atoms with E-state index in [1.807, 2.05) is 0 Å². The van der Waals surface area contributed by atoms with Crippen LogP contribution in [-0.2, 0) is 10.0 Å². The number of alkyl halides is 3. The molecule has 0 radical (unpaired) electrons. The van der Waals surface area contributed by atoms with Crippen molar-refractivity contribution in [3.8, 4) is 0 Å². The Hall–Kier alpha value is -1.13. The number of carboxylic acids is 1. The molecule has 0 aromatic carbocycles. The molecule has 0 bridgehead atoms. The van der Waals surface area contributed by atoms with Crippen LogP contribution in [0.5, 0.6) is 0 Å². The van der Waals surface area contributed by atoms with Crippen molar-refractivity contribution >= 4 is 27.3 Å². The Balaban J connectivity index is 2.31. The van der Waals surface area contributed by atoms with Crippen molar-refractivity contribution in [2.75, 3.05) is 13.1 Å². The fraction of sp³-hybridized carbons (Fsp3) is 0.545. The summed E-state index contributed by atoms with van der Waals surface area (Å²) in [7, 11) is -4.22. The van der Waals surface area contributed by atoms with E-state index < -0.39 is 39.5 Å². The van der Waals surface area contributed by atoms with Crippen molar-refractivity contribution in [3.05, 3.63) is 16.3 Å². The zero-order valence-electron chi connectivity index (χ0n) is 10.6. The van der Waals surface area contributed by atoms with Crippen LogP contribution in [0, 0.1) is 5.92 Å². The van der Waals surface area contributed by atoms with Crippen molar-refractivity contribution in [1.82, 2.24) is 4.31 Å². The molecular formula is C11H12F3NO4S2. The van der Waals surface area contributed by atoms with Gasteiger partial charge in [0.25, 0.3) is 0 Å². The summed E-state index contributed by atoms with van der Waals surface area (Å²) >= 11 is 0.727. The van der Waals surface area contributed by atoms with Gasteiger partial charge in [-0.15, -0.1) is 11.3 Å². The zero-order valence-corrected chi connectivity index (χ0v) is 12.3. The van der Waals surface area contributed by atoms with E-state index in [1.165, 1.54) is 5.38 Å². The predicted molar refractivity (Wildman–Crippen MR) is 68.8 cm³/mol. The van der Waals surface area contributed by atoms with E-state index in [0.717, 1.165) is 21.7 Å². The van der Waals surface area contributed by atoms with E-state index in [9.17, 15) is 26.4 Å². The Labute approximate surface area is 123 Å². The maximum Gasteiger partial charge on any atom is 0.393 e. The van der Waals surface area contributed by atoms with Gasteiger partial charge in [-0.3, -0.25) is 0 Å². The number of carboxylic acid groups (broad SMARTS) is 1. The molecule has 1 aromatic rings. The number of rotatable bonds is 3. The number of nitrogens with zero attached hydrogens (tertiary/aromatic N) is 1. The fourth-order valence-corrected chi connectivity index (χ4v) is 4.98. The molecule has 1 atom stereocenters. The minimum absolute atomic E-state index is 0.0379. The van der Waals surface area contributed by atoms with Gasteiger partial charge in [0.05, 0.1) is 5.92 Å². The highest BCUT2D eigenvalue weighted by atomic mass is 32.2. The van der Waals surface area contributed by atoms with Gasteiger partial charge in [-0.25, -0.2) is 13.2 Å². The summed E-state index contributed by atoms with van der Waals surface area (Å²) < 4.78 is 63.6. The lowest BCUT2D eigenvalue weighted by Gasteiger charge is -2.32. The number of hydrogen-bond acceptors (Lipinski definition) is 4. The number of sulfonamides is 1. The van der Waals surface area contributed by atoms with Gasteiger partial charge in [0, 0.05) is 13.1 Å². The standard InChI is InChI=1S/C11H12F3NO4S2/c12-11(13,14)7-2-1-4-15(6-7)21(18,19)8-3-5-20-9(8)10(16)17/h3,5,7H,1-2,4,6H2,(H,16,17)/t7-/m0/s1. The third-order valence-electron chi connectivity index (χ3n) is 3.29. The van der Waals surface area contributed by atoms with E-state index in [1.54, 1.807) is 0 Å². The molecule has 1 N–H and O–H groups in total. The van der Waals surface area contributed by atoms with Gasteiger partial charge in [0.1, 0.15) is 9.77 Å². The highest BCUT2D eigenvalue weighted by Gasteiger charge is 2.44. The van der Waals surface area contributed by atoms with Crippen LogP contribution in [0.15, 0.2) is 16.3 Å². The summed E-state index contributed by atoms with van der Waals surface area (Å²) in [6.07, 6.45) is -4.49. The first-order valence-corrected chi connectivity index (χ1v) is 8.33. The molecule has 5 nitrogen and oxygen atoms in total. The van der Waals surface area contributed by atoms with Gasteiger partial charge in [0.2, 0.25) is 10.0 Å². The second kappa shape index (κ2) is 5.58. The number of aromatic carboxylic acids is 1. The molecule has 118 valence electrons. The number of piperidine rings is 1. The second-order valence-corrected chi connectivity index (χ2v) is 7.49. The normalized spacial score (nSPS) is 21.4. The molecule has 1 saturated heterocycles. The number of carbonyl (C=O) groups is 1. The Morgan fingerprint density at radius 2 is 2.10 bits per heavy atom. The first-order chi connectivity index (χ1) is 9.64. The Bertz CT molecular complexity index is 638. The average molecular weight is 343 g/mol. The van der Waals surface area contributed by atoms with Gasteiger partial charge in [-0.05, 0) is 24.3 Å². The third kappa shape index (κ3) is 3.22. The molecule has 10 heteroatoms. The van der Waals surface area contributed by atoms with Crippen LogP contribution in [0.25, 0.3) is 0 Å². The molecule has 0 amide bonds. The van der Waals surface area contributed by atoms with Gasteiger partial charge in [-0.2, -0.15) is 17.5 Å². The molecule has 2 rings (SSSR count). The Morgan fingerprint density at radius 1 is 1.43 bits per heavy atom. The lowest BCUT2D eigenvalue weighted by molar-refractivity contribution is -0.182. The first-order valence-electron chi connectivity index (χ1n) is 6.01. The van der Waals surface area contributed by atoms with E-state index in [-0.39, 0.29) is 24.3 Å². The van der Waals surface area contributed by atoms with Crippen LogP contribution in [0.1, 0.15) is 22.5 Å². The van der Waals surface area contributed by atoms with Crippen LogP contribution < -0.4 is 0 Å². The quantitative estimate of drug-likeness (QED) is 0.915. The molecule has 21 heavy (non-hydrogen) atoms. The summed E-state index contributed by atoms with van der Waals surface area (Å²) in [6, 6.07) is 1.11. The van der Waals surface area contributed by atoms with Gasteiger partial charge >= 0.3 is 12.1 Å². The summed E-state index contributed by atoms with van der Waals surface area (Å²) in [6.45, 7) is -0.704. The molecule has 0 spiro atoms. The zero-order chi connectivity index (χ0) is 15.8. The highest BCUT2D eigenvalue weighted by molar-refractivity contribution is 7.89. The minimum Gasteiger partial charge on any atom is -0.477 e. The molecule has 1 aliphatic heterocycles. The summed E-state index contributed by atoms with van der Waals surface area (Å²) in [5.74, 6) is -3.12. The topological polar surface area (TPSA) is 74.7 Å². The van der Waals surface area contributed by atoms with Crippen molar-refractivity contribution in [2.45, 2.75) is 23.9 Å². The minimum atomic E-state index is -4.46. The largest absolute Gasteiger partial charge is 0.477 e. The van der Waals surface area contributed by atoms with E-state index in [0.29, 0.717) is 0 Å². The number of hydrogen-bond donors (Lipinski definition) is 1. The third-order valence-corrected chi connectivity index (χ3v) is 6.23. The summed E-state index contributed by atoms with van der Waals surface area (Å²) in [5, 5.41) is 10.2. The maximum absolute atomic E-state index is 12.7. The SMILES string of the molecule is O=C(O)c1sccc1S(=O)(=O)N1CCC[C@H](C(F)(F)F)C1. The van der Waals surface area contributed by atoms with Gasteiger partial charge < -0.3 is 5.11 Å². The summed E-state index contributed by atoms with van der Waals surface area (Å²) in [4.78, 5) is 10.2. The van der Waals surface area contributed by atoms with E-state index in [2.05, 4.69) is 0 Å². The molecule has 1 aliphatic rings. The highest BCUT2D eigenvalue weighted by Crippen LogP contribution is 2.35. The predicted octanol–water partition coefficient (Wildman–Crippen LogP) is 2.41. The van der Waals surface area contributed by atoms with E-state index >= 15 is 0 Å². The summed E-state index contributed by atoms with van der Waals surface area (Å²) in [5.41, 5.74) is 0. The molecule has 2 heterocycles. The molecule has 0 unspecified atom stereocenters. The monoisotopic (exact) mass is 343 g/mol. The number of thiophene rings is 1. The van der Waals surface area contributed by atoms with Crippen LogP contribution >= 0.6 is 11.3 Å². The van der Waals surface area contributed by atoms with Crippen molar-refractivity contribution in [1.29, 1.82) is 0 Å². The Kier molecular flexibility index (Phi) is 4.31. The first kappa shape index (κ1) is 16.2. The van der Waals surface area contributed by atoms with Crippen LogP contribution in [0.4, 0.5) is 13.2 Å². The lowest BCUT2D eigenvalue weighted by Crippen LogP contribution is -2.44. The van der Waals surface area contributed by atoms with Gasteiger partial charge in [-0.1, -0.05) is 0 Å². The van der Waals surface area contributed by atoms with Crippen LogP contribution in [-0.4, -0.2) is 43.1 Å². The lowest BCUT2D eigenvalue weighted by atomic mass is 9.99. The fourth-order valence-electron chi connectivity index (χ4n) is 2.22. The van der Waals surface area contributed by atoms with Crippen LogP contribution in [0.3, 0.4) is 0 Å². The average Bonchev–Trinajstić information content (AvgIpc) is 2.88. The van der Waals surface area contributed by atoms with E-state index in [4.69, 9.17) is 5.11 Å². The molecule has 1 fully saturated rings. The molecular weight excluding hydrogens is 331 g/mol. The van der Waals surface area contributed by atoms with Crippen LogP contribution in [0.2, 0.25) is 0 Å². The molecule has 0 aliphatic carbocycles. The van der Waals surface area contributed by atoms with Crippen molar-refractivity contribution in [2.24, 2.45) is 5.92 Å². The number of halogens is 3. The molecule has 0 saturated carbocycles. The second-order valence-electron chi connectivity index (χ2n) is 4.66. The maximum atomic E-state index is 12.7.